The highest BCUT2D eigenvalue weighted by molar-refractivity contribution is 7.15. The van der Waals surface area contributed by atoms with Gasteiger partial charge in [0.15, 0.2) is 0 Å². The largest absolute Gasteiger partial charge is 0.447 e. The first kappa shape index (κ1) is 21.3. The smallest absolute Gasteiger partial charge is 0.407 e. The molecular weight excluding hydrogens is 417 g/mol. The molecule has 1 aromatic carbocycles. The van der Waals surface area contributed by atoms with E-state index in [1.807, 2.05) is 19.9 Å². The number of benzene rings is 1. The fraction of sp³-hybridized carbons (Fsp3) is 0.409. The zero-order valence-corrected chi connectivity index (χ0v) is 18.3. The molecule has 7 nitrogen and oxygen atoms in total. The highest BCUT2D eigenvalue weighted by Crippen LogP contribution is 2.38. The van der Waals surface area contributed by atoms with Gasteiger partial charge < -0.3 is 20.4 Å². The maximum atomic E-state index is 14.7. The highest BCUT2D eigenvalue weighted by atomic mass is 32.1. The summed E-state index contributed by atoms with van der Waals surface area (Å²) in [6.45, 7) is 3.67. The Bertz CT molecular complexity index is 1010. The number of carbonyl (C=O) groups excluding carboxylic acids is 1. The number of anilines is 2. The fourth-order valence-corrected chi connectivity index (χ4v) is 4.88. The Morgan fingerprint density at radius 1 is 1.26 bits per heavy atom. The van der Waals surface area contributed by atoms with Crippen molar-refractivity contribution in [2.75, 3.05) is 5.32 Å². The second-order valence-corrected chi connectivity index (χ2v) is 9.03. The van der Waals surface area contributed by atoms with E-state index in [-0.39, 0.29) is 24.1 Å². The average Bonchev–Trinajstić information content (AvgIpc) is 3.40. The number of ether oxygens (including phenoxy) is 1. The number of hydrogen-bond acceptors (Lipinski definition) is 6. The number of amides is 1. The minimum Gasteiger partial charge on any atom is -0.447 e. The number of thiazole rings is 1. The molecule has 31 heavy (non-hydrogen) atoms. The van der Waals surface area contributed by atoms with E-state index in [1.54, 1.807) is 24.7 Å². The minimum atomic E-state index is -0.351. The molecule has 2 aromatic heterocycles. The zero-order valence-electron chi connectivity index (χ0n) is 17.5. The number of aromatic nitrogens is 3. The summed E-state index contributed by atoms with van der Waals surface area (Å²) in [5, 5.41) is 7.00. The molecule has 0 radical (unpaired) electrons. The Hall–Kier alpha value is -2.94. The van der Waals surface area contributed by atoms with Crippen LogP contribution in [0.15, 0.2) is 36.8 Å². The number of rotatable bonds is 6. The van der Waals surface area contributed by atoms with Gasteiger partial charge in [-0.1, -0.05) is 0 Å². The predicted molar refractivity (Wildman–Crippen MR) is 119 cm³/mol. The topological polar surface area (TPSA) is 91.9 Å². The van der Waals surface area contributed by atoms with E-state index in [1.165, 1.54) is 17.4 Å². The molecule has 0 bridgehead atoms. The van der Waals surface area contributed by atoms with Gasteiger partial charge in [-0.05, 0) is 57.7 Å². The third-order valence-electron chi connectivity index (χ3n) is 5.26. The standard InChI is InChI=1S/C22H26FN5O2S/c1-13(2)30-22(29)28-15-5-3-14(4-6-15)20-26-12-19(31-20)17-8-7-16(11-18(17)23)27-21-24-9-10-25-21/h7-15H,3-6H2,1-2H3,(H,28,29)(H2,24,25,27)/t14-,15-. The van der Waals surface area contributed by atoms with Crippen LogP contribution in [-0.2, 0) is 4.74 Å². The lowest BCUT2D eigenvalue weighted by atomic mass is 9.86. The van der Waals surface area contributed by atoms with Gasteiger partial charge in [0.25, 0.3) is 0 Å². The lowest BCUT2D eigenvalue weighted by Crippen LogP contribution is -2.38. The molecule has 0 unspecified atom stereocenters. The number of aromatic amines is 1. The molecule has 0 atom stereocenters. The molecule has 1 fully saturated rings. The molecule has 2 heterocycles. The third-order valence-corrected chi connectivity index (χ3v) is 6.45. The third kappa shape index (κ3) is 5.41. The van der Waals surface area contributed by atoms with Crippen molar-refractivity contribution >= 4 is 29.1 Å². The van der Waals surface area contributed by atoms with Crippen LogP contribution in [0.1, 0.15) is 50.5 Å². The van der Waals surface area contributed by atoms with Crippen molar-refractivity contribution in [2.24, 2.45) is 0 Å². The van der Waals surface area contributed by atoms with Crippen LogP contribution in [-0.4, -0.2) is 33.2 Å². The summed E-state index contributed by atoms with van der Waals surface area (Å²) in [6, 6.07) is 5.19. The monoisotopic (exact) mass is 443 g/mol. The van der Waals surface area contributed by atoms with Gasteiger partial charge in [-0.15, -0.1) is 11.3 Å². The first-order valence-corrected chi connectivity index (χ1v) is 11.3. The van der Waals surface area contributed by atoms with E-state index in [9.17, 15) is 9.18 Å². The molecule has 1 amide bonds. The van der Waals surface area contributed by atoms with Crippen LogP contribution in [0.4, 0.5) is 20.8 Å². The molecule has 0 spiro atoms. The highest BCUT2D eigenvalue weighted by Gasteiger charge is 2.26. The molecule has 0 aliphatic heterocycles. The van der Waals surface area contributed by atoms with Crippen LogP contribution >= 0.6 is 11.3 Å². The van der Waals surface area contributed by atoms with Gasteiger partial charge in [0.05, 0.1) is 16.0 Å². The number of alkyl carbamates (subject to hydrolysis) is 1. The Labute approximate surface area is 184 Å². The summed E-state index contributed by atoms with van der Waals surface area (Å²) in [7, 11) is 0. The summed E-state index contributed by atoms with van der Waals surface area (Å²) in [5.74, 6) is 0.596. The number of halogens is 1. The average molecular weight is 444 g/mol. The molecule has 1 aliphatic rings. The Balaban J connectivity index is 1.36. The molecule has 0 saturated heterocycles. The van der Waals surface area contributed by atoms with Crippen molar-refractivity contribution in [1.82, 2.24) is 20.3 Å². The van der Waals surface area contributed by atoms with Crippen molar-refractivity contribution in [2.45, 2.75) is 57.6 Å². The maximum absolute atomic E-state index is 14.7. The van der Waals surface area contributed by atoms with E-state index in [4.69, 9.17) is 4.74 Å². The van der Waals surface area contributed by atoms with Crippen molar-refractivity contribution in [1.29, 1.82) is 0 Å². The van der Waals surface area contributed by atoms with Crippen LogP contribution < -0.4 is 10.6 Å². The first-order chi connectivity index (χ1) is 15.0. The second-order valence-electron chi connectivity index (χ2n) is 7.97. The van der Waals surface area contributed by atoms with Gasteiger partial charge in [-0.25, -0.2) is 19.2 Å². The lowest BCUT2D eigenvalue weighted by molar-refractivity contribution is 0.109. The van der Waals surface area contributed by atoms with Crippen LogP contribution in [0.3, 0.4) is 0 Å². The fourth-order valence-electron chi connectivity index (χ4n) is 3.76. The van der Waals surface area contributed by atoms with Crippen molar-refractivity contribution in [3.8, 4) is 10.4 Å². The number of nitrogens with zero attached hydrogens (tertiary/aromatic N) is 2. The van der Waals surface area contributed by atoms with Gasteiger partial charge in [0.2, 0.25) is 5.95 Å². The van der Waals surface area contributed by atoms with Gasteiger partial charge in [0.1, 0.15) is 5.82 Å². The molecule has 3 aromatic rings. The number of imidazole rings is 1. The minimum absolute atomic E-state index is 0.125. The van der Waals surface area contributed by atoms with E-state index in [2.05, 4.69) is 25.6 Å². The lowest BCUT2D eigenvalue weighted by Gasteiger charge is -2.28. The predicted octanol–water partition coefficient (Wildman–Crippen LogP) is 5.58. The molecule has 4 rings (SSSR count). The zero-order chi connectivity index (χ0) is 21.8. The summed E-state index contributed by atoms with van der Waals surface area (Å²) < 4.78 is 19.9. The molecule has 1 aliphatic carbocycles. The number of carbonyl (C=O) groups is 1. The number of H-pyrrole nitrogens is 1. The van der Waals surface area contributed by atoms with E-state index in [0.717, 1.165) is 35.6 Å². The van der Waals surface area contributed by atoms with Crippen molar-refractivity contribution in [3.63, 3.8) is 0 Å². The van der Waals surface area contributed by atoms with E-state index in [0.29, 0.717) is 23.1 Å². The molecule has 1 saturated carbocycles. The number of hydrogen-bond donors (Lipinski definition) is 3. The first-order valence-electron chi connectivity index (χ1n) is 10.5. The summed E-state index contributed by atoms with van der Waals surface area (Å²) in [4.78, 5) is 24.2. The summed E-state index contributed by atoms with van der Waals surface area (Å²) >= 11 is 1.54. The SMILES string of the molecule is CC(C)OC(=O)N[C@H]1CC[C@H](c2ncc(-c3ccc(Nc4ncc[nH]4)cc3F)s2)CC1. The molecule has 164 valence electrons. The van der Waals surface area contributed by atoms with Crippen LogP contribution in [0.2, 0.25) is 0 Å². The Morgan fingerprint density at radius 2 is 2.06 bits per heavy atom. The summed E-state index contributed by atoms with van der Waals surface area (Å²) in [6.07, 6.45) is 8.25. The maximum Gasteiger partial charge on any atom is 0.407 e. The van der Waals surface area contributed by atoms with Gasteiger partial charge in [-0.2, -0.15) is 0 Å². The van der Waals surface area contributed by atoms with Gasteiger partial charge in [-0.3, -0.25) is 0 Å². The quantitative estimate of drug-likeness (QED) is 0.463. The van der Waals surface area contributed by atoms with Crippen LogP contribution in [0.25, 0.3) is 10.4 Å². The van der Waals surface area contributed by atoms with Gasteiger partial charge >= 0.3 is 6.09 Å². The van der Waals surface area contributed by atoms with Crippen LogP contribution in [0, 0.1) is 5.82 Å². The van der Waals surface area contributed by atoms with E-state index < -0.39 is 0 Å². The van der Waals surface area contributed by atoms with Crippen LogP contribution in [0.5, 0.6) is 0 Å². The normalized spacial score (nSPS) is 18.7. The molecule has 3 N–H and O–H groups in total. The van der Waals surface area contributed by atoms with Crippen molar-refractivity contribution in [3.05, 3.63) is 47.6 Å². The molecular formula is C22H26FN5O2S. The second kappa shape index (κ2) is 9.47. The number of nitrogens with one attached hydrogen (secondary N) is 3. The summed E-state index contributed by atoms with van der Waals surface area (Å²) in [5.41, 5.74) is 1.17. The Kier molecular flexibility index (Phi) is 6.50. The molecule has 9 heteroatoms. The van der Waals surface area contributed by atoms with Gasteiger partial charge in [0, 0.05) is 41.8 Å². The van der Waals surface area contributed by atoms with Crippen molar-refractivity contribution < 1.29 is 13.9 Å². The Morgan fingerprint density at radius 3 is 2.74 bits per heavy atom. The van der Waals surface area contributed by atoms with E-state index >= 15 is 0 Å².